The molecule has 1 aliphatic rings. The van der Waals surface area contributed by atoms with E-state index < -0.39 is 0 Å². The molecule has 0 unspecified atom stereocenters. The van der Waals surface area contributed by atoms with Crippen LogP contribution in [0.25, 0.3) is 22.5 Å². The Balaban J connectivity index is 1.63. The first-order valence-corrected chi connectivity index (χ1v) is 8.62. The maximum atomic E-state index is 5.43. The monoisotopic (exact) mass is 326 g/mol. The SMILES string of the molecule is CCCc1noc(-c2cc3cccc(NC4CCOCC4)c3[nH]2)n1. The number of H-pyrrole nitrogens is 1. The number of para-hydroxylation sites is 1. The number of nitrogens with zero attached hydrogens (tertiary/aromatic N) is 2. The van der Waals surface area contributed by atoms with Gasteiger partial charge >= 0.3 is 0 Å². The largest absolute Gasteiger partial charge is 0.381 e. The van der Waals surface area contributed by atoms with Crippen LogP contribution in [0.1, 0.15) is 32.0 Å². The number of hydrogen-bond acceptors (Lipinski definition) is 5. The lowest BCUT2D eigenvalue weighted by Crippen LogP contribution is -2.27. The average molecular weight is 326 g/mol. The number of nitrogens with one attached hydrogen (secondary N) is 2. The van der Waals surface area contributed by atoms with E-state index in [2.05, 4.69) is 51.6 Å². The van der Waals surface area contributed by atoms with E-state index in [0.29, 0.717) is 11.9 Å². The van der Waals surface area contributed by atoms with Gasteiger partial charge in [0, 0.05) is 31.1 Å². The second-order valence-corrected chi connectivity index (χ2v) is 6.25. The van der Waals surface area contributed by atoms with Crippen molar-refractivity contribution in [2.75, 3.05) is 18.5 Å². The average Bonchev–Trinajstić information content (AvgIpc) is 3.23. The topological polar surface area (TPSA) is 76.0 Å². The minimum absolute atomic E-state index is 0.454. The van der Waals surface area contributed by atoms with E-state index in [1.807, 2.05) is 0 Å². The van der Waals surface area contributed by atoms with E-state index in [1.165, 1.54) is 0 Å². The van der Waals surface area contributed by atoms with Crippen molar-refractivity contribution in [1.82, 2.24) is 15.1 Å². The number of hydrogen-bond donors (Lipinski definition) is 2. The standard InChI is InChI=1S/C18H22N4O2/c1-2-4-16-21-18(24-22-16)15-11-12-5-3-6-14(17(12)20-15)19-13-7-9-23-10-8-13/h3,5-6,11,13,19-20H,2,4,7-10H2,1H3. The first-order chi connectivity index (χ1) is 11.8. The van der Waals surface area contributed by atoms with Crippen molar-refractivity contribution < 1.29 is 9.26 Å². The molecule has 3 heterocycles. The second-order valence-electron chi connectivity index (χ2n) is 6.25. The van der Waals surface area contributed by atoms with Crippen LogP contribution in [0.15, 0.2) is 28.8 Å². The van der Waals surface area contributed by atoms with E-state index in [9.17, 15) is 0 Å². The Kier molecular flexibility index (Phi) is 4.21. The first kappa shape index (κ1) is 15.2. The van der Waals surface area contributed by atoms with Crippen molar-refractivity contribution in [1.29, 1.82) is 0 Å². The Morgan fingerprint density at radius 1 is 1.29 bits per heavy atom. The third-order valence-electron chi connectivity index (χ3n) is 4.41. The molecule has 2 N–H and O–H groups in total. The zero-order chi connectivity index (χ0) is 16.4. The molecule has 6 heteroatoms. The zero-order valence-corrected chi connectivity index (χ0v) is 13.8. The molecule has 2 aromatic heterocycles. The lowest BCUT2D eigenvalue weighted by atomic mass is 10.1. The Bertz CT molecular complexity index is 817. The van der Waals surface area contributed by atoms with Crippen molar-refractivity contribution in [2.24, 2.45) is 0 Å². The molecule has 1 saturated heterocycles. The minimum Gasteiger partial charge on any atom is -0.381 e. The van der Waals surface area contributed by atoms with Gasteiger partial charge in [-0.25, -0.2) is 0 Å². The molecule has 0 aliphatic carbocycles. The molecule has 0 spiro atoms. The zero-order valence-electron chi connectivity index (χ0n) is 13.8. The van der Waals surface area contributed by atoms with Crippen LogP contribution in [-0.4, -0.2) is 34.4 Å². The lowest BCUT2D eigenvalue weighted by Gasteiger charge is -2.24. The number of benzene rings is 1. The molecular weight excluding hydrogens is 304 g/mol. The summed E-state index contributed by atoms with van der Waals surface area (Å²) in [4.78, 5) is 7.90. The highest BCUT2D eigenvalue weighted by Gasteiger charge is 2.16. The van der Waals surface area contributed by atoms with Gasteiger partial charge in [-0.2, -0.15) is 4.98 Å². The molecule has 4 rings (SSSR count). The van der Waals surface area contributed by atoms with Gasteiger partial charge < -0.3 is 19.6 Å². The quantitative estimate of drug-likeness (QED) is 0.746. The molecule has 0 bridgehead atoms. The van der Waals surface area contributed by atoms with Crippen LogP contribution in [0.4, 0.5) is 5.69 Å². The summed E-state index contributed by atoms with van der Waals surface area (Å²) in [6, 6.07) is 8.78. The van der Waals surface area contributed by atoms with Crippen molar-refractivity contribution in [3.05, 3.63) is 30.1 Å². The van der Waals surface area contributed by atoms with Gasteiger partial charge in [0.15, 0.2) is 5.82 Å². The summed E-state index contributed by atoms with van der Waals surface area (Å²) in [7, 11) is 0. The second kappa shape index (κ2) is 6.65. The third kappa shape index (κ3) is 3.01. The summed E-state index contributed by atoms with van der Waals surface area (Å²) in [5.41, 5.74) is 3.05. The van der Waals surface area contributed by atoms with Crippen LogP contribution in [0.2, 0.25) is 0 Å². The Morgan fingerprint density at radius 2 is 2.17 bits per heavy atom. The predicted molar refractivity (Wildman–Crippen MR) is 93.0 cm³/mol. The van der Waals surface area contributed by atoms with Crippen LogP contribution >= 0.6 is 0 Å². The van der Waals surface area contributed by atoms with Crippen molar-refractivity contribution in [3.63, 3.8) is 0 Å². The molecule has 126 valence electrons. The van der Waals surface area contributed by atoms with Gasteiger partial charge in [0.2, 0.25) is 0 Å². The maximum absolute atomic E-state index is 5.43. The number of aromatic nitrogens is 3. The van der Waals surface area contributed by atoms with Crippen LogP contribution in [-0.2, 0) is 11.2 Å². The lowest BCUT2D eigenvalue weighted by molar-refractivity contribution is 0.0905. The molecule has 0 atom stereocenters. The number of fused-ring (bicyclic) bond motifs is 1. The van der Waals surface area contributed by atoms with E-state index in [0.717, 1.165) is 67.0 Å². The molecular formula is C18H22N4O2. The Hall–Kier alpha value is -2.34. The van der Waals surface area contributed by atoms with Crippen LogP contribution in [0.5, 0.6) is 0 Å². The summed E-state index contributed by atoms with van der Waals surface area (Å²) in [6.45, 7) is 3.75. The fourth-order valence-electron chi connectivity index (χ4n) is 3.14. The highest BCUT2D eigenvalue weighted by Crippen LogP contribution is 2.29. The number of aryl methyl sites for hydroxylation is 1. The number of rotatable bonds is 5. The van der Waals surface area contributed by atoms with Gasteiger partial charge in [0.05, 0.1) is 11.2 Å². The molecule has 0 saturated carbocycles. The molecule has 3 aromatic rings. The van der Waals surface area contributed by atoms with E-state index in [1.54, 1.807) is 0 Å². The maximum Gasteiger partial charge on any atom is 0.274 e. The molecule has 0 radical (unpaired) electrons. The van der Waals surface area contributed by atoms with Gasteiger partial charge in [-0.05, 0) is 31.4 Å². The summed E-state index contributed by atoms with van der Waals surface area (Å²) in [5.74, 6) is 1.30. The van der Waals surface area contributed by atoms with Gasteiger partial charge in [0.1, 0.15) is 5.69 Å². The molecule has 1 fully saturated rings. The normalized spacial score (nSPS) is 15.9. The van der Waals surface area contributed by atoms with E-state index >= 15 is 0 Å². The summed E-state index contributed by atoms with van der Waals surface area (Å²) >= 11 is 0. The molecule has 1 aromatic carbocycles. The number of anilines is 1. The molecule has 24 heavy (non-hydrogen) atoms. The predicted octanol–water partition coefficient (Wildman–Crippen LogP) is 3.76. The van der Waals surface area contributed by atoms with Crippen LogP contribution in [0, 0.1) is 0 Å². The van der Waals surface area contributed by atoms with Gasteiger partial charge in [0.25, 0.3) is 5.89 Å². The number of aromatic amines is 1. The van der Waals surface area contributed by atoms with Crippen molar-refractivity contribution >= 4 is 16.6 Å². The molecule has 6 nitrogen and oxygen atoms in total. The summed E-state index contributed by atoms with van der Waals surface area (Å²) < 4.78 is 10.8. The summed E-state index contributed by atoms with van der Waals surface area (Å²) in [5, 5.41) is 8.81. The fourth-order valence-corrected chi connectivity index (χ4v) is 3.14. The van der Waals surface area contributed by atoms with Crippen LogP contribution < -0.4 is 5.32 Å². The smallest absolute Gasteiger partial charge is 0.274 e. The molecule has 1 aliphatic heterocycles. The molecule has 0 amide bonds. The van der Waals surface area contributed by atoms with E-state index in [4.69, 9.17) is 9.26 Å². The van der Waals surface area contributed by atoms with E-state index in [-0.39, 0.29) is 0 Å². The number of ether oxygens (including phenoxy) is 1. The third-order valence-corrected chi connectivity index (χ3v) is 4.41. The fraction of sp³-hybridized carbons (Fsp3) is 0.444. The van der Waals surface area contributed by atoms with Crippen LogP contribution in [0.3, 0.4) is 0 Å². The Morgan fingerprint density at radius 3 is 3.00 bits per heavy atom. The highest BCUT2D eigenvalue weighted by atomic mass is 16.5. The minimum atomic E-state index is 0.454. The first-order valence-electron chi connectivity index (χ1n) is 8.62. The van der Waals surface area contributed by atoms with Crippen molar-refractivity contribution in [3.8, 4) is 11.6 Å². The summed E-state index contributed by atoms with van der Waals surface area (Å²) in [6.07, 6.45) is 3.91. The van der Waals surface area contributed by atoms with Gasteiger partial charge in [-0.1, -0.05) is 24.2 Å². The van der Waals surface area contributed by atoms with Gasteiger partial charge in [-0.15, -0.1) is 0 Å². The van der Waals surface area contributed by atoms with Gasteiger partial charge in [-0.3, -0.25) is 0 Å². The Labute approximate surface area is 140 Å². The van der Waals surface area contributed by atoms with Crippen molar-refractivity contribution in [2.45, 2.75) is 38.6 Å². The highest BCUT2D eigenvalue weighted by molar-refractivity contribution is 5.94.